The average molecular weight is 163 g/mol. The van der Waals surface area contributed by atoms with Crippen LogP contribution in [0.25, 0.3) is 0 Å². The lowest BCUT2D eigenvalue weighted by atomic mass is 10.1. The summed E-state index contributed by atoms with van der Waals surface area (Å²) in [6.07, 6.45) is 2.07. The maximum Gasteiger partial charge on any atom is 0.123 e. The van der Waals surface area contributed by atoms with Crippen molar-refractivity contribution in [1.29, 1.82) is 0 Å². The molecule has 0 saturated carbocycles. The van der Waals surface area contributed by atoms with Gasteiger partial charge in [-0.15, -0.1) is 0 Å². The molecule has 65 valence electrons. The molecule has 0 aliphatic rings. The lowest BCUT2D eigenvalue weighted by Gasteiger charge is -2.10. The maximum absolute atomic E-state index is 5.49. The van der Waals surface area contributed by atoms with Gasteiger partial charge in [-0.05, 0) is 18.9 Å². The van der Waals surface area contributed by atoms with Gasteiger partial charge in [-0.3, -0.25) is 0 Å². The van der Waals surface area contributed by atoms with E-state index < -0.39 is 0 Å². The van der Waals surface area contributed by atoms with Gasteiger partial charge in [0.15, 0.2) is 0 Å². The Hall–Kier alpha value is -0.820. The molecule has 0 spiro atoms. The van der Waals surface area contributed by atoms with Gasteiger partial charge in [0.1, 0.15) is 6.10 Å². The zero-order valence-corrected chi connectivity index (χ0v) is 7.71. The Morgan fingerprint density at radius 1 is 1.25 bits per heavy atom. The fraction of sp³-hybridized carbons (Fsp3) is 0.364. The molecule has 0 aromatic heterocycles. The van der Waals surface area contributed by atoms with Gasteiger partial charge in [0.2, 0.25) is 0 Å². The Labute approximate surface area is 74.4 Å². The molecule has 0 saturated heterocycles. The minimum Gasteiger partial charge on any atom is -0.367 e. The van der Waals surface area contributed by atoms with Crippen molar-refractivity contribution in [3.63, 3.8) is 0 Å². The lowest BCUT2D eigenvalue weighted by Crippen LogP contribution is -2.01. The molecule has 0 unspecified atom stereocenters. The highest BCUT2D eigenvalue weighted by Crippen LogP contribution is 2.14. The van der Waals surface area contributed by atoms with Crippen LogP contribution in [0.2, 0.25) is 0 Å². The summed E-state index contributed by atoms with van der Waals surface area (Å²) in [6.45, 7) is 4.92. The van der Waals surface area contributed by atoms with Crippen LogP contribution in [-0.4, -0.2) is 6.61 Å². The first-order valence-corrected chi connectivity index (χ1v) is 4.36. The Balaban J connectivity index is 2.48. The zero-order chi connectivity index (χ0) is 8.81. The fourth-order valence-corrected chi connectivity index (χ4v) is 1.01. The standard InChI is InChI=1S/C11H15O/c1-3-9-12-10(2)11-7-5-4-6-8-11/h4-8H,3,9H2,1-2H3. The van der Waals surface area contributed by atoms with Crippen LogP contribution in [-0.2, 0) is 4.74 Å². The number of hydrogen-bond acceptors (Lipinski definition) is 1. The Morgan fingerprint density at radius 3 is 2.50 bits per heavy atom. The van der Waals surface area contributed by atoms with E-state index in [0.717, 1.165) is 19.1 Å². The summed E-state index contributed by atoms with van der Waals surface area (Å²) in [7, 11) is 0. The first-order valence-electron chi connectivity index (χ1n) is 4.36. The molecule has 1 aromatic rings. The van der Waals surface area contributed by atoms with Crippen LogP contribution in [0.5, 0.6) is 0 Å². The molecule has 0 amide bonds. The van der Waals surface area contributed by atoms with Gasteiger partial charge in [0.05, 0.1) is 0 Å². The van der Waals surface area contributed by atoms with Gasteiger partial charge in [-0.2, -0.15) is 0 Å². The summed E-state index contributed by atoms with van der Waals surface area (Å²) in [5.74, 6) is 0. The molecule has 0 aliphatic heterocycles. The number of benzene rings is 1. The van der Waals surface area contributed by atoms with Crippen molar-refractivity contribution in [3.05, 3.63) is 42.0 Å². The van der Waals surface area contributed by atoms with Crippen LogP contribution >= 0.6 is 0 Å². The first kappa shape index (κ1) is 9.27. The number of ether oxygens (including phenoxy) is 1. The van der Waals surface area contributed by atoms with Gasteiger partial charge in [0, 0.05) is 6.61 Å². The van der Waals surface area contributed by atoms with Crippen LogP contribution in [0.4, 0.5) is 0 Å². The van der Waals surface area contributed by atoms with Crippen LogP contribution in [0.1, 0.15) is 25.8 Å². The molecule has 0 heterocycles. The van der Waals surface area contributed by atoms with E-state index in [-0.39, 0.29) is 0 Å². The third kappa shape index (κ3) is 2.67. The number of rotatable bonds is 4. The summed E-state index contributed by atoms with van der Waals surface area (Å²) in [6, 6.07) is 10.2. The highest BCUT2D eigenvalue weighted by Gasteiger charge is 2.04. The molecule has 1 heteroatoms. The summed E-state index contributed by atoms with van der Waals surface area (Å²) in [4.78, 5) is 0. The van der Waals surface area contributed by atoms with Crippen molar-refractivity contribution in [1.82, 2.24) is 0 Å². The Kier molecular flexibility index (Phi) is 3.81. The smallest absolute Gasteiger partial charge is 0.123 e. The second-order valence-corrected chi connectivity index (χ2v) is 2.77. The molecule has 0 atom stereocenters. The summed E-state index contributed by atoms with van der Waals surface area (Å²) < 4.78 is 5.49. The average Bonchev–Trinajstić information content (AvgIpc) is 2.15. The second-order valence-electron chi connectivity index (χ2n) is 2.77. The second kappa shape index (κ2) is 4.94. The van der Waals surface area contributed by atoms with E-state index in [4.69, 9.17) is 4.74 Å². The highest BCUT2D eigenvalue weighted by atomic mass is 16.5. The van der Waals surface area contributed by atoms with Crippen LogP contribution in [0.3, 0.4) is 0 Å². The van der Waals surface area contributed by atoms with E-state index in [1.54, 1.807) is 0 Å². The van der Waals surface area contributed by atoms with Crippen molar-refractivity contribution < 1.29 is 4.74 Å². The summed E-state index contributed by atoms with van der Waals surface area (Å²) in [5, 5.41) is 0. The zero-order valence-electron chi connectivity index (χ0n) is 7.71. The minimum atomic E-state index is 0.806. The van der Waals surface area contributed by atoms with E-state index in [1.807, 2.05) is 25.1 Å². The number of hydrogen-bond donors (Lipinski definition) is 0. The summed E-state index contributed by atoms with van der Waals surface area (Å²) >= 11 is 0. The van der Waals surface area contributed by atoms with Gasteiger partial charge >= 0.3 is 0 Å². The van der Waals surface area contributed by atoms with Crippen LogP contribution < -0.4 is 0 Å². The topological polar surface area (TPSA) is 9.23 Å². The molecular formula is C11H15O. The Bertz CT molecular complexity index is 206. The molecule has 1 radical (unpaired) electrons. The SMILES string of the molecule is CCCO[C](C)c1ccccc1. The molecule has 0 bridgehead atoms. The van der Waals surface area contributed by atoms with E-state index in [0.29, 0.717) is 0 Å². The van der Waals surface area contributed by atoms with Gasteiger partial charge in [-0.1, -0.05) is 37.3 Å². The fourth-order valence-electron chi connectivity index (χ4n) is 1.01. The monoisotopic (exact) mass is 163 g/mol. The normalized spacial score (nSPS) is 10.6. The highest BCUT2D eigenvalue weighted by molar-refractivity contribution is 5.25. The van der Waals surface area contributed by atoms with E-state index in [2.05, 4.69) is 19.1 Å². The maximum atomic E-state index is 5.49. The molecular weight excluding hydrogens is 148 g/mol. The van der Waals surface area contributed by atoms with E-state index in [9.17, 15) is 0 Å². The van der Waals surface area contributed by atoms with Crippen LogP contribution in [0.15, 0.2) is 30.3 Å². The van der Waals surface area contributed by atoms with Crippen molar-refractivity contribution >= 4 is 0 Å². The quantitative estimate of drug-likeness (QED) is 0.663. The van der Waals surface area contributed by atoms with E-state index in [1.165, 1.54) is 5.56 Å². The van der Waals surface area contributed by atoms with E-state index >= 15 is 0 Å². The lowest BCUT2D eigenvalue weighted by molar-refractivity contribution is 0.167. The predicted molar refractivity (Wildman–Crippen MR) is 50.7 cm³/mol. The predicted octanol–water partition coefficient (Wildman–Crippen LogP) is 3.01. The molecule has 1 aromatic carbocycles. The van der Waals surface area contributed by atoms with Gasteiger partial charge < -0.3 is 4.74 Å². The van der Waals surface area contributed by atoms with Crippen molar-refractivity contribution in [2.24, 2.45) is 0 Å². The Morgan fingerprint density at radius 2 is 1.92 bits per heavy atom. The molecule has 1 rings (SSSR count). The van der Waals surface area contributed by atoms with Crippen molar-refractivity contribution in [2.45, 2.75) is 20.3 Å². The molecule has 0 fully saturated rings. The van der Waals surface area contributed by atoms with Gasteiger partial charge in [-0.25, -0.2) is 0 Å². The third-order valence-electron chi connectivity index (χ3n) is 1.70. The van der Waals surface area contributed by atoms with Gasteiger partial charge in [0.25, 0.3) is 0 Å². The molecule has 12 heavy (non-hydrogen) atoms. The molecule has 0 N–H and O–H groups in total. The largest absolute Gasteiger partial charge is 0.367 e. The first-order chi connectivity index (χ1) is 5.84. The minimum absolute atomic E-state index is 0.806. The molecule has 1 nitrogen and oxygen atoms in total. The van der Waals surface area contributed by atoms with Crippen molar-refractivity contribution in [3.8, 4) is 0 Å². The summed E-state index contributed by atoms with van der Waals surface area (Å²) in [5.41, 5.74) is 1.17. The molecule has 0 aliphatic carbocycles. The third-order valence-corrected chi connectivity index (χ3v) is 1.70. The van der Waals surface area contributed by atoms with Crippen molar-refractivity contribution in [2.75, 3.05) is 6.61 Å². The van der Waals surface area contributed by atoms with Crippen LogP contribution in [0, 0.1) is 6.10 Å².